The largest absolute Gasteiger partial charge is 0.397 e. The van der Waals surface area contributed by atoms with Crippen LogP contribution in [-0.2, 0) is 0 Å². The Morgan fingerprint density at radius 3 is 1.25 bits per heavy atom. The Hall–Kier alpha value is -0.120. The minimum Gasteiger partial charge on any atom is -0.397 e. The van der Waals surface area contributed by atoms with E-state index < -0.39 is 0 Å². The highest BCUT2D eigenvalue weighted by Crippen LogP contribution is 1.65. The number of aliphatic hydroxyl groups is 3. The average Bonchev–Trinajstić information content (AvgIpc) is 1.71. The smallest absolute Gasteiger partial charge is 0.0452 e. The number of rotatable bonds is 2. The average molecular weight is 122 g/mol. The summed E-state index contributed by atoms with van der Waals surface area (Å²) in [6.07, 6.45) is 0.500. The molecule has 0 aliphatic carbocycles. The van der Waals surface area contributed by atoms with E-state index in [1.807, 2.05) is 0 Å². The molecular formula is C5H14O3. The van der Waals surface area contributed by atoms with E-state index in [9.17, 15) is 0 Å². The van der Waals surface area contributed by atoms with Crippen molar-refractivity contribution in [2.75, 3.05) is 19.8 Å². The van der Waals surface area contributed by atoms with Crippen LogP contribution in [0.1, 0.15) is 13.3 Å². The van der Waals surface area contributed by atoms with Gasteiger partial charge in [-0.05, 0) is 13.3 Å². The van der Waals surface area contributed by atoms with E-state index in [4.69, 9.17) is 15.3 Å². The fraction of sp³-hybridized carbons (Fsp3) is 1.00. The third-order valence-electron chi connectivity index (χ3n) is 0.316. The fourth-order valence-corrected chi connectivity index (χ4v) is 0.0707. The molecule has 0 aromatic heterocycles. The van der Waals surface area contributed by atoms with Gasteiger partial charge in [0.05, 0.1) is 0 Å². The quantitative estimate of drug-likeness (QED) is 0.456. The lowest BCUT2D eigenvalue weighted by Gasteiger charge is -1.79. The number of aliphatic hydroxyl groups excluding tert-OH is 3. The molecule has 0 spiro atoms. The zero-order valence-electron chi connectivity index (χ0n) is 5.17. The van der Waals surface area contributed by atoms with E-state index in [1.54, 1.807) is 6.92 Å². The minimum atomic E-state index is 0.0938. The maximum absolute atomic E-state index is 7.91. The highest BCUT2D eigenvalue weighted by atomic mass is 16.3. The molecule has 0 bridgehead atoms. The van der Waals surface area contributed by atoms with E-state index in [-0.39, 0.29) is 19.8 Å². The van der Waals surface area contributed by atoms with Gasteiger partial charge in [0.1, 0.15) is 0 Å². The summed E-state index contributed by atoms with van der Waals surface area (Å²) in [5.74, 6) is 0. The molecule has 0 saturated carbocycles. The second-order valence-corrected chi connectivity index (χ2v) is 1.12. The molecule has 0 unspecified atom stereocenters. The van der Waals surface area contributed by atoms with Crippen LogP contribution in [0.4, 0.5) is 0 Å². The van der Waals surface area contributed by atoms with Crippen LogP contribution in [-0.4, -0.2) is 35.1 Å². The maximum atomic E-state index is 7.91. The van der Waals surface area contributed by atoms with Gasteiger partial charge in [0.15, 0.2) is 0 Å². The van der Waals surface area contributed by atoms with Crippen LogP contribution >= 0.6 is 0 Å². The van der Waals surface area contributed by atoms with Gasteiger partial charge in [-0.25, -0.2) is 0 Å². The zero-order valence-corrected chi connectivity index (χ0v) is 5.17. The Morgan fingerprint density at radius 1 is 1.00 bits per heavy atom. The van der Waals surface area contributed by atoms with Crippen molar-refractivity contribution in [3.63, 3.8) is 0 Å². The third-order valence-corrected chi connectivity index (χ3v) is 0.316. The molecule has 3 nitrogen and oxygen atoms in total. The normalized spacial score (nSPS) is 7.50. The molecule has 0 aliphatic heterocycles. The Balaban J connectivity index is 0. The first-order valence-electron chi connectivity index (χ1n) is 2.66. The van der Waals surface area contributed by atoms with Crippen molar-refractivity contribution >= 4 is 0 Å². The first kappa shape index (κ1) is 10.8. The minimum absolute atomic E-state index is 0.0938. The first-order chi connectivity index (χ1) is 3.83. The lowest BCUT2D eigenvalue weighted by Crippen LogP contribution is -1.85. The summed E-state index contributed by atoms with van der Waals surface area (Å²) in [6, 6.07) is 0. The van der Waals surface area contributed by atoms with Gasteiger partial charge in [-0.1, -0.05) is 0 Å². The summed E-state index contributed by atoms with van der Waals surface area (Å²) in [5, 5.41) is 23.4. The van der Waals surface area contributed by atoms with Crippen molar-refractivity contribution in [1.29, 1.82) is 0 Å². The van der Waals surface area contributed by atoms with E-state index in [0.29, 0.717) is 6.42 Å². The predicted molar refractivity (Wildman–Crippen MR) is 31.5 cm³/mol. The van der Waals surface area contributed by atoms with Gasteiger partial charge >= 0.3 is 0 Å². The molecule has 0 radical (unpaired) electrons. The van der Waals surface area contributed by atoms with Gasteiger partial charge in [-0.2, -0.15) is 0 Å². The van der Waals surface area contributed by atoms with E-state index in [0.717, 1.165) is 0 Å². The van der Waals surface area contributed by atoms with Gasteiger partial charge in [0.25, 0.3) is 0 Å². The van der Waals surface area contributed by atoms with Crippen molar-refractivity contribution < 1.29 is 15.3 Å². The fourth-order valence-electron chi connectivity index (χ4n) is 0.0707. The maximum Gasteiger partial charge on any atom is 0.0452 e. The van der Waals surface area contributed by atoms with Crippen molar-refractivity contribution in [1.82, 2.24) is 0 Å². The molecule has 0 atom stereocenters. The molecule has 3 heteroatoms. The van der Waals surface area contributed by atoms with Crippen LogP contribution in [0.5, 0.6) is 0 Å². The Morgan fingerprint density at radius 2 is 1.25 bits per heavy atom. The highest BCUT2D eigenvalue weighted by molar-refractivity contribution is 4.22. The van der Waals surface area contributed by atoms with E-state index >= 15 is 0 Å². The molecule has 0 saturated heterocycles. The van der Waals surface area contributed by atoms with Gasteiger partial charge in [0, 0.05) is 19.8 Å². The monoisotopic (exact) mass is 122 g/mol. The Bertz CT molecular complexity index is 21.6. The van der Waals surface area contributed by atoms with E-state index in [2.05, 4.69) is 0 Å². The molecule has 8 heavy (non-hydrogen) atoms. The highest BCUT2D eigenvalue weighted by Gasteiger charge is 1.70. The summed E-state index contributed by atoms with van der Waals surface area (Å²) in [5.41, 5.74) is 0. The van der Waals surface area contributed by atoms with Crippen LogP contribution in [0.3, 0.4) is 0 Å². The molecule has 0 aliphatic rings. The molecule has 0 aromatic rings. The standard InChI is InChI=1S/C3H8O2.C2H6O/c4-2-1-3-5;1-2-3/h4-5H,1-3H2;3H,2H2,1H3. The Labute approximate surface area is 49.6 Å². The third kappa shape index (κ3) is 39.6. The van der Waals surface area contributed by atoms with Gasteiger partial charge in [-0.15, -0.1) is 0 Å². The molecule has 0 rings (SSSR count). The summed E-state index contributed by atoms with van der Waals surface area (Å²) >= 11 is 0. The number of hydrogen-bond acceptors (Lipinski definition) is 3. The van der Waals surface area contributed by atoms with Crippen LogP contribution in [0.2, 0.25) is 0 Å². The second kappa shape index (κ2) is 15.8. The lowest BCUT2D eigenvalue weighted by atomic mass is 10.5. The van der Waals surface area contributed by atoms with Crippen LogP contribution in [0, 0.1) is 0 Å². The second-order valence-electron chi connectivity index (χ2n) is 1.12. The molecular weight excluding hydrogens is 108 g/mol. The zero-order chi connectivity index (χ0) is 6.83. The predicted octanol–water partition coefficient (Wildman–Crippen LogP) is -0.640. The number of hydrogen-bond donors (Lipinski definition) is 3. The molecule has 3 N–H and O–H groups in total. The summed E-state index contributed by atoms with van der Waals surface area (Å²) in [6.45, 7) is 2.12. The summed E-state index contributed by atoms with van der Waals surface area (Å²) in [4.78, 5) is 0. The first-order valence-corrected chi connectivity index (χ1v) is 2.66. The van der Waals surface area contributed by atoms with Gasteiger partial charge in [-0.3, -0.25) is 0 Å². The van der Waals surface area contributed by atoms with Crippen LogP contribution < -0.4 is 0 Å². The summed E-state index contributed by atoms with van der Waals surface area (Å²) < 4.78 is 0. The van der Waals surface area contributed by atoms with Crippen LogP contribution in [0.15, 0.2) is 0 Å². The SMILES string of the molecule is CCO.OCCCO. The van der Waals surface area contributed by atoms with Gasteiger partial charge in [0.2, 0.25) is 0 Å². The lowest BCUT2D eigenvalue weighted by molar-refractivity contribution is 0.221. The molecule has 52 valence electrons. The van der Waals surface area contributed by atoms with Crippen molar-refractivity contribution in [2.24, 2.45) is 0 Å². The van der Waals surface area contributed by atoms with Crippen molar-refractivity contribution in [3.8, 4) is 0 Å². The van der Waals surface area contributed by atoms with Gasteiger partial charge < -0.3 is 15.3 Å². The molecule has 0 amide bonds. The van der Waals surface area contributed by atoms with Crippen LogP contribution in [0.25, 0.3) is 0 Å². The summed E-state index contributed by atoms with van der Waals surface area (Å²) in [7, 11) is 0. The molecule has 0 fully saturated rings. The molecule has 0 heterocycles. The van der Waals surface area contributed by atoms with Crippen molar-refractivity contribution in [3.05, 3.63) is 0 Å². The molecule has 0 aromatic carbocycles. The topological polar surface area (TPSA) is 60.7 Å². The van der Waals surface area contributed by atoms with Crippen molar-refractivity contribution in [2.45, 2.75) is 13.3 Å². The van der Waals surface area contributed by atoms with E-state index in [1.165, 1.54) is 0 Å². The Kier molecular flexibility index (Phi) is 21.3.